The summed E-state index contributed by atoms with van der Waals surface area (Å²) in [5.41, 5.74) is 2.25. The molecule has 2 aliphatic heterocycles. The molecule has 0 aromatic heterocycles. The second-order valence-corrected chi connectivity index (χ2v) is 5.16. The normalized spacial score (nSPS) is 26.8. The lowest BCUT2D eigenvalue weighted by molar-refractivity contribution is -0.136. The standard InChI is InChI=1S/C15H17NO2/c1-2-12-14(17)9-11-8-7-10-5-3-4-6-13(10)16(11)15(12)18/h3-6,11-12H,2,7-9H2,1H3/t11-,12?/m0/s1. The van der Waals surface area contributed by atoms with Gasteiger partial charge in [0.2, 0.25) is 5.91 Å². The summed E-state index contributed by atoms with van der Waals surface area (Å²) in [6.45, 7) is 1.91. The number of piperidine rings is 1. The molecule has 1 aromatic rings. The molecule has 0 spiro atoms. The quantitative estimate of drug-likeness (QED) is 0.710. The first kappa shape index (κ1) is 11.5. The van der Waals surface area contributed by atoms with Gasteiger partial charge in [0.25, 0.3) is 0 Å². The number of aryl methyl sites for hydroxylation is 1. The number of anilines is 1. The number of hydrogen-bond donors (Lipinski definition) is 0. The van der Waals surface area contributed by atoms with E-state index in [0.29, 0.717) is 12.8 Å². The molecule has 1 unspecified atom stereocenters. The van der Waals surface area contributed by atoms with Gasteiger partial charge in [-0.05, 0) is 30.9 Å². The van der Waals surface area contributed by atoms with Crippen LogP contribution in [0.4, 0.5) is 5.69 Å². The van der Waals surface area contributed by atoms with E-state index < -0.39 is 5.92 Å². The number of Topliss-reactive ketones (excluding diaryl/α,β-unsaturated/α-hetero) is 1. The van der Waals surface area contributed by atoms with Gasteiger partial charge in [-0.15, -0.1) is 0 Å². The van der Waals surface area contributed by atoms with Gasteiger partial charge in [-0.1, -0.05) is 25.1 Å². The lowest BCUT2D eigenvalue weighted by Gasteiger charge is -2.42. The Balaban J connectivity index is 2.04. The first-order chi connectivity index (χ1) is 8.72. The fraction of sp³-hybridized carbons (Fsp3) is 0.467. The smallest absolute Gasteiger partial charge is 0.237 e. The molecule has 18 heavy (non-hydrogen) atoms. The number of fused-ring (bicyclic) bond motifs is 3. The molecule has 2 atom stereocenters. The number of benzene rings is 1. The van der Waals surface area contributed by atoms with E-state index in [2.05, 4.69) is 6.07 Å². The van der Waals surface area contributed by atoms with Gasteiger partial charge in [0.05, 0.1) is 5.92 Å². The molecule has 0 bridgehead atoms. The van der Waals surface area contributed by atoms with Crippen molar-refractivity contribution in [3.8, 4) is 0 Å². The van der Waals surface area contributed by atoms with Gasteiger partial charge in [0.15, 0.2) is 0 Å². The number of hydrogen-bond acceptors (Lipinski definition) is 2. The number of amides is 1. The summed E-state index contributed by atoms with van der Waals surface area (Å²) in [5, 5.41) is 0. The van der Waals surface area contributed by atoms with Crippen molar-refractivity contribution in [2.24, 2.45) is 5.92 Å². The summed E-state index contributed by atoms with van der Waals surface area (Å²) >= 11 is 0. The van der Waals surface area contributed by atoms with E-state index >= 15 is 0 Å². The number of carbonyl (C=O) groups is 2. The van der Waals surface area contributed by atoms with E-state index in [4.69, 9.17) is 0 Å². The highest BCUT2D eigenvalue weighted by Crippen LogP contribution is 2.36. The minimum absolute atomic E-state index is 0.00546. The van der Waals surface area contributed by atoms with Gasteiger partial charge in [-0.2, -0.15) is 0 Å². The number of carbonyl (C=O) groups excluding carboxylic acids is 2. The topological polar surface area (TPSA) is 37.4 Å². The molecule has 0 saturated carbocycles. The average Bonchev–Trinajstić information content (AvgIpc) is 2.38. The lowest BCUT2D eigenvalue weighted by Crippen LogP contribution is -2.54. The Labute approximate surface area is 107 Å². The molecule has 1 amide bonds. The van der Waals surface area contributed by atoms with E-state index in [1.807, 2.05) is 30.0 Å². The first-order valence-electron chi connectivity index (χ1n) is 6.66. The van der Waals surface area contributed by atoms with E-state index in [-0.39, 0.29) is 17.7 Å². The Kier molecular flexibility index (Phi) is 2.69. The Morgan fingerprint density at radius 3 is 2.83 bits per heavy atom. The molecule has 3 rings (SSSR count). The third-order valence-electron chi connectivity index (χ3n) is 4.13. The second kappa shape index (κ2) is 4.23. The SMILES string of the molecule is CCC1C(=O)C[C@@H]2CCc3ccccc3N2C1=O. The molecule has 94 valence electrons. The number of nitrogens with zero attached hydrogens (tertiary/aromatic N) is 1. The zero-order chi connectivity index (χ0) is 12.7. The van der Waals surface area contributed by atoms with Gasteiger partial charge < -0.3 is 4.90 Å². The van der Waals surface area contributed by atoms with Crippen molar-refractivity contribution in [3.63, 3.8) is 0 Å². The van der Waals surface area contributed by atoms with Crippen LogP contribution in [0.15, 0.2) is 24.3 Å². The molecule has 3 heteroatoms. The molecular weight excluding hydrogens is 226 g/mol. The van der Waals surface area contributed by atoms with Crippen LogP contribution in [0.25, 0.3) is 0 Å². The van der Waals surface area contributed by atoms with Crippen LogP contribution in [-0.2, 0) is 16.0 Å². The Morgan fingerprint density at radius 1 is 1.28 bits per heavy atom. The van der Waals surface area contributed by atoms with Crippen molar-refractivity contribution in [1.29, 1.82) is 0 Å². The van der Waals surface area contributed by atoms with Crippen molar-refractivity contribution in [1.82, 2.24) is 0 Å². The highest BCUT2D eigenvalue weighted by atomic mass is 16.2. The highest BCUT2D eigenvalue weighted by molar-refractivity contribution is 6.12. The third-order valence-corrected chi connectivity index (χ3v) is 4.13. The maximum Gasteiger partial charge on any atom is 0.237 e. The Hall–Kier alpha value is -1.64. The number of para-hydroxylation sites is 1. The summed E-state index contributed by atoms with van der Waals surface area (Å²) in [4.78, 5) is 26.3. The molecule has 3 nitrogen and oxygen atoms in total. The predicted molar refractivity (Wildman–Crippen MR) is 69.4 cm³/mol. The number of rotatable bonds is 1. The maximum absolute atomic E-state index is 12.5. The molecule has 2 aliphatic rings. The van der Waals surface area contributed by atoms with Crippen LogP contribution in [0.1, 0.15) is 31.7 Å². The van der Waals surface area contributed by atoms with Crippen molar-refractivity contribution in [2.75, 3.05) is 4.90 Å². The molecular formula is C15H17NO2. The average molecular weight is 243 g/mol. The van der Waals surface area contributed by atoms with Crippen molar-refractivity contribution in [3.05, 3.63) is 29.8 Å². The molecule has 0 aliphatic carbocycles. The molecule has 1 saturated heterocycles. The minimum atomic E-state index is -0.424. The van der Waals surface area contributed by atoms with Crippen LogP contribution < -0.4 is 4.90 Å². The zero-order valence-corrected chi connectivity index (χ0v) is 10.6. The lowest BCUT2D eigenvalue weighted by atomic mass is 9.83. The third kappa shape index (κ3) is 1.57. The summed E-state index contributed by atoms with van der Waals surface area (Å²) in [6.07, 6.45) is 3.02. The summed E-state index contributed by atoms with van der Waals surface area (Å²) in [5.74, 6) is -0.290. The van der Waals surface area contributed by atoms with E-state index in [1.54, 1.807) is 0 Å². The second-order valence-electron chi connectivity index (χ2n) is 5.16. The van der Waals surface area contributed by atoms with Crippen LogP contribution in [-0.4, -0.2) is 17.7 Å². The molecule has 0 N–H and O–H groups in total. The zero-order valence-electron chi connectivity index (χ0n) is 10.6. The molecule has 0 radical (unpaired) electrons. The van der Waals surface area contributed by atoms with Crippen molar-refractivity contribution < 1.29 is 9.59 Å². The summed E-state index contributed by atoms with van der Waals surface area (Å²) < 4.78 is 0. The van der Waals surface area contributed by atoms with E-state index in [9.17, 15) is 9.59 Å². The van der Waals surface area contributed by atoms with Gasteiger partial charge in [-0.3, -0.25) is 9.59 Å². The summed E-state index contributed by atoms with van der Waals surface area (Å²) in [7, 11) is 0. The molecule has 1 aromatic carbocycles. The monoisotopic (exact) mass is 243 g/mol. The maximum atomic E-state index is 12.5. The Bertz CT molecular complexity index is 509. The fourth-order valence-electron chi connectivity index (χ4n) is 3.18. The van der Waals surface area contributed by atoms with Gasteiger partial charge in [-0.25, -0.2) is 0 Å². The van der Waals surface area contributed by atoms with Gasteiger partial charge >= 0.3 is 0 Å². The largest absolute Gasteiger partial charge is 0.308 e. The van der Waals surface area contributed by atoms with Crippen LogP contribution >= 0.6 is 0 Å². The predicted octanol–water partition coefficient (Wildman–Crippen LogP) is 2.33. The van der Waals surface area contributed by atoms with E-state index in [1.165, 1.54) is 5.56 Å². The number of ketones is 1. The summed E-state index contributed by atoms with van der Waals surface area (Å²) in [6, 6.07) is 8.14. The Morgan fingerprint density at radius 2 is 2.06 bits per heavy atom. The molecule has 1 fully saturated rings. The highest BCUT2D eigenvalue weighted by Gasteiger charge is 2.42. The molecule has 2 heterocycles. The van der Waals surface area contributed by atoms with Crippen LogP contribution in [0.2, 0.25) is 0 Å². The van der Waals surface area contributed by atoms with Crippen LogP contribution in [0, 0.1) is 5.92 Å². The van der Waals surface area contributed by atoms with Crippen LogP contribution in [0.3, 0.4) is 0 Å². The van der Waals surface area contributed by atoms with Crippen LogP contribution in [0.5, 0.6) is 0 Å². The van der Waals surface area contributed by atoms with E-state index in [0.717, 1.165) is 18.5 Å². The van der Waals surface area contributed by atoms with Gasteiger partial charge in [0, 0.05) is 18.2 Å². The first-order valence-corrected chi connectivity index (χ1v) is 6.66. The van der Waals surface area contributed by atoms with Crippen molar-refractivity contribution >= 4 is 17.4 Å². The fourth-order valence-corrected chi connectivity index (χ4v) is 3.18. The van der Waals surface area contributed by atoms with Gasteiger partial charge in [0.1, 0.15) is 5.78 Å². The minimum Gasteiger partial charge on any atom is -0.308 e. The van der Waals surface area contributed by atoms with Crippen molar-refractivity contribution in [2.45, 2.75) is 38.6 Å².